The fourth-order valence-corrected chi connectivity index (χ4v) is 1.35. The SMILES string of the molecule is COc1cccc(C)c1.Cc1cccc(F)c1. The molecule has 2 aromatic rings. The Labute approximate surface area is 102 Å². The molecule has 0 fully saturated rings. The number of hydrogen-bond donors (Lipinski definition) is 0. The molecule has 0 saturated carbocycles. The van der Waals surface area contributed by atoms with Gasteiger partial charge in [0, 0.05) is 0 Å². The second-order valence-corrected chi connectivity index (χ2v) is 3.82. The van der Waals surface area contributed by atoms with Gasteiger partial charge in [-0.05, 0) is 49.2 Å². The van der Waals surface area contributed by atoms with Gasteiger partial charge in [-0.1, -0.05) is 24.3 Å². The molecule has 0 heterocycles. The number of methoxy groups -OCH3 is 1. The molecule has 0 aliphatic rings. The zero-order valence-electron chi connectivity index (χ0n) is 10.4. The van der Waals surface area contributed by atoms with Crippen LogP contribution in [0.4, 0.5) is 4.39 Å². The highest BCUT2D eigenvalue weighted by Crippen LogP contribution is 2.10. The lowest BCUT2D eigenvalue weighted by Crippen LogP contribution is -1.81. The first-order valence-corrected chi connectivity index (χ1v) is 5.44. The molecule has 0 saturated heterocycles. The van der Waals surface area contributed by atoms with E-state index in [1.807, 2.05) is 44.2 Å². The summed E-state index contributed by atoms with van der Waals surface area (Å²) in [5.74, 6) is 0.764. The minimum Gasteiger partial charge on any atom is -0.497 e. The van der Waals surface area contributed by atoms with E-state index >= 15 is 0 Å². The largest absolute Gasteiger partial charge is 0.497 e. The van der Waals surface area contributed by atoms with Gasteiger partial charge < -0.3 is 4.74 Å². The maximum Gasteiger partial charge on any atom is 0.123 e. The number of ether oxygens (including phenoxy) is 1. The Balaban J connectivity index is 0.000000171. The zero-order chi connectivity index (χ0) is 12.7. The van der Waals surface area contributed by atoms with E-state index in [2.05, 4.69) is 0 Å². The molecule has 1 nitrogen and oxygen atoms in total. The van der Waals surface area contributed by atoms with Crippen molar-refractivity contribution in [3.05, 3.63) is 65.5 Å². The van der Waals surface area contributed by atoms with Crippen LogP contribution in [-0.4, -0.2) is 7.11 Å². The van der Waals surface area contributed by atoms with Crippen LogP contribution in [0.1, 0.15) is 11.1 Å². The summed E-state index contributed by atoms with van der Waals surface area (Å²) >= 11 is 0. The first-order chi connectivity index (χ1) is 8.11. The molecule has 0 radical (unpaired) electrons. The maximum atomic E-state index is 12.2. The van der Waals surface area contributed by atoms with E-state index in [1.54, 1.807) is 13.2 Å². The predicted molar refractivity (Wildman–Crippen MR) is 68.9 cm³/mol. The van der Waals surface area contributed by atoms with Crippen LogP contribution in [0, 0.1) is 19.7 Å². The number of aryl methyl sites for hydroxylation is 2. The van der Waals surface area contributed by atoms with Crippen LogP contribution in [0.15, 0.2) is 48.5 Å². The molecule has 0 bridgehead atoms. The van der Waals surface area contributed by atoms with Gasteiger partial charge in [0.2, 0.25) is 0 Å². The van der Waals surface area contributed by atoms with Crippen molar-refractivity contribution in [3.8, 4) is 5.75 Å². The zero-order valence-corrected chi connectivity index (χ0v) is 10.4. The lowest BCUT2D eigenvalue weighted by molar-refractivity contribution is 0.414. The third-order valence-electron chi connectivity index (χ3n) is 2.21. The standard InChI is InChI=1S/C8H10O.C7H7F/c1-7-4-3-5-8(6-7)9-2;1-6-3-2-4-7(8)5-6/h3-6H,1-2H3;2-5H,1H3. The summed E-state index contributed by atoms with van der Waals surface area (Å²) < 4.78 is 17.2. The second kappa shape index (κ2) is 6.69. The quantitative estimate of drug-likeness (QED) is 0.718. The Bertz CT molecular complexity index is 449. The van der Waals surface area contributed by atoms with Crippen molar-refractivity contribution in [3.63, 3.8) is 0 Å². The Morgan fingerprint density at radius 2 is 1.47 bits per heavy atom. The molecular weight excluding hydrogens is 215 g/mol. The average Bonchev–Trinajstić information content (AvgIpc) is 2.29. The molecule has 2 rings (SSSR count). The molecule has 0 amide bonds. The summed E-state index contributed by atoms with van der Waals surface area (Å²) in [5, 5.41) is 0. The van der Waals surface area contributed by atoms with Crippen LogP contribution in [0.2, 0.25) is 0 Å². The van der Waals surface area contributed by atoms with Crippen molar-refractivity contribution in [2.24, 2.45) is 0 Å². The smallest absolute Gasteiger partial charge is 0.123 e. The highest BCUT2D eigenvalue weighted by atomic mass is 19.1. The van der Waals surface area contributed by atoms with Gasteiger partial charge in [0.05, 0.1) is 7.11 Å². The van der Waals surface area contributed by atoms with E-state index in [1.165, 1.54) is 17.7 Å². The lowest BCUT2D eigenvalue weighted by atomic mass is 10.2. The summed E-state index contributed by atoms with van der Waals surface area (Å²) in [5.41, 5.74) is 2.19. The first kappa shape index (κ1) is 13.2. The molecule has 2 aromatic carbocycles. The van der Waals surface area contributed by atoms with Crippen LogP contribution in [0.25, 0.3) is 0 Å². The number of benzene rings is 2. The summed E-state index contributed by atoms with van der Waals surface area (Å²) in [6.45, 7) is 3.91. The van der Waals surface area contributed by atoms with Gasteiger partial charge in [-0.2, -0.15) is 0 Å². The molecule has 0 spiro atoms. The van der Waals surface area contributed by atoms with Crippen LogP contribution < -0.4 is 4.74 Å². The Hall–Kier alpha value is -1.83. The summed E-state index contributed by atoms with van der Waals surface area (Å²) in [7, 11) is 1.68. The summed E-state index contributed by atoms with van der Waals surface area (Å²) in [6, 6.07) is 14.5. The van der Waals surface area contributed by atoms with Crippen molar-refractivity contribution >= 4 is 0 Å². The van der Waals surface area contributed by atoms with Gasteiger partial charge in [0.15, 0.2) is 0 Å². The van der Waals surface area contributed by atoms with Crippen LogP contribution >= 0.6 is 0 Å². The molecule has 0 aromatic heterocycles. The van der Waals surface area contributed by atoms with Crippen molar-refractivity contribution in [2.45, 2.75) is 13.8 Å². The molecule has 17 heavy (non-hydrogen) atoms. The first-order valence-electron chi connectivity index (χ1n) is 5.44. The Morgan fingerprint density at radius 1 is 0.882 bits per heavy atom. The molecule has 90 valence electrons. The molecule has 0 aliphatic heterocycles. The number of halogens is 1. The van der Waals surface area contributed by atoms with Gasteiger partial charge in [0.25, 0.3) is 0 Å². The third kappa shape index (κ3) is 5.16. The molecule has 0 atom stereocenters. The summed E-state index contributed by atoms with van der Waals surface area (Å²) in [4.78, 5) is 0. The van der Waals surface area contributed by atoms with E-state index in [-0.39, 0.29) is 5.82 Å². The average molecular weight is 232 g/mol. The maximum absolute atomic E-state index is 12.2. The van der Waals surface area contributed by atoms with Crippen LogP contribution in [0.5, 0.6) is 5.75 Å². The molecule has 0 unspecified atom stereocenters. The number of rotatable bonds is 1. The van der Waals surface area contributed by atoms with Gasteiger partial charge in [-0.25, -0.2) is 4.39 Å². The van der Waals surface area contributed by atoms with Gasteiger partial charge in [-0.3, -0.25) is 0 Å². The second-order valence-electron chi connectivity index (χ2n) is 3.82. The van der Waals surface area contributed by atoms with Crippen molar-refractivity contribution < 1.29 is 9.13 Å². The minimum atomic E-state index is -0.162. The minimum absolute atomic E-state index is 0.162. The highest BCUT2D eigenvalue weighted by molar-refractivity contribution is 5.27. The van der Waals surface area contributed by atoms with E-state index in [0.717, 1.165) is 11.3 Å². The van der Waals surface area contributed by atoms with E-state index < -0.39 is 0 Å². The van der Waals surface area contributed by atoms with Gasteiger partial charge in [0.1, 0.15) is 11.6 Å². The predicted octanol–water partition coefficient (Wildman–Crippen LogP) is 4.14. The molecule has 0 N–H and O–H groups in total. The van der Waals surface area contributed by atoms with E-state index in [0.29, 0.717) is 0 Å². The molecule has 0 aliphatic carbocycles. The van der Waals surface area contributed by atoms with Crippen LogP contribution in [0.3, 0.4) is 0 Å². The fourth-order valence-electron chi connectivity index (χ4n) is 1.35. The van der Waals surface area contributed by atoms with Crippen LogP contribution in [-0.2, 0) is 0 Å². The van der Waals surface area contributed by atoms with Gasteiger partial charge in [-0.15, -0.1) is 0 Å². The third-order valence-corrected chi connectivity index (χ3v) is 2.21. The summed E-state index contributed by atoms with van der Waals surface area (Å²) in [6.07, 6.45) is 0. The molecule has 2 heteroatoms. The lowest BCUT2D eigenvalue weighted by Gasteiger charge is -1.97. The number of hydrogen-bond acceptors (Lipinski definition) is 1. The van der Waals surface area contributed by atoms with Crippen molar-refractivity contribution in [1.29, 1.82) is 0 Å². The fraction of sp³-hybridized carbons (Fsp3) is 0.200. The monoisotopic (exact) mass is 232 g/mol. The van der Waals surface area contributed by atoms with E-state index in [4.69, 9.17) is 4.74 Å². The van der Waals surface area contributed by atoms with Gasteiger partial charge >= 0.3 is 0 Å². The normalized spacial score (nSPS) is 9.18. The Morgan fingerprint density at radius 3 is 1.82 bits per heavy atom. The topological polar surface area (TPSA) is 9.23 Å². The van der Waals surface area contributed by atoms with E-state index in [9.17, 15) is 4.39 Å². The molecular formula is C15H17FO. The Kier molecular flexibility index (Phi) is 5.21. The van der Waals surface area contributed by atoms with Crippen molar-refractivity contribution in [1.82, 2.24) is 0 Å². The van der Waals surface area contributed by atoms with Crippen molar-refractivity contribution in [2.75, 3.05) is 7.11 Å². The highest BCUT2D eigenvalue weighted by Gasteiger charge is 1.86.